The maximum absolute atomic E-state index is 11.8. The summed E-state index contributed by atoms with van der Waals surface area (Å²) in [5.41, 5.74) is 8.53. The van der Waals surface area contributed by atoms with Crippen molar-refractivity contribution in [3.63, 3.8) is 0 Å². The zero-order chi connectivity index (χ0) is 19.3. The molecule has 0 bridgehead atoms. The van der Waals surface area contributed by atoms with E-state index >= 15 is 0 Å². The van der Waals surface area contributed by atoms with Crippen LogP contribution >= 0.6 is 11.8 Å². The number of methoxy groups -OCH3 is 2. The molecule has 0 aliphatic carbocycles. The summed E-state index contributed by atoms with van der Waals surface area (Å²) < 4.78 is 9.97. The molecule has 138 valence electrons. The number of hydrazine groups is 1. The molecule has 0 aliphatic heterocycles. The minimum absolute atomic E-state index is 0.00982. The van der Waals surface area contributed by atoms with Gasteiger partial charge in [-0.1, -0.05) is 11.8 Å². The first kappa shape index (κ1) is 19.3. The fourth-order valence-corrected chi connectivity index (χ4v) is 2.49. The highest BCUT2D eigenvalue weighted by molar-refractivity contribution is 7.98. The molecule has 1 heterocycles. The number of benzene rings is 1. The van der Waals surface area contributed by atoms with Crippen molar-refractivity contribution in [3.05, 3.63) is 29.3 Å². The van der Waals surface area contributed by atoms with Gasteiger partial charge in [0.05, 0.1) is 25.5 Å². The van der Waals surface area contributed by atoms with Gasteiger partial charge in [-0.3, -0.25) is 4.79 Å². The Morgan fingerprint density at radius 1 is 1.19 bits per heavy atom. The predicted octanol–water partition coefficient (Wildman–Crippen LogP) is 1.12. The number of esters is 1. The summed E-state index contributed by atoms with van der Waals surface area (Å²) in [6, 6.07) is 4.63. The van der Waals surface area contributed by atoms with E-state index in [0.717, 1.165) is 0 Å². The number of ether oxygens (including phenoxy) is 2. The molecule has 0 aliphatic rings. The zero-order valence-electron chi connectivity index (χ0n) is 14.3. The van der Waals surface area contributed by atoms with Gasteiger partial charge in [0, 0.05) is 0 Å². The summed E-state index contributed by atoms with van der Waals surface area (Å²) in [5.74, 6) is 4.74. The lowest BCUT2D eigenvalue weighted by atomic mass is 10.1. The quantitative estimate of drug-likeness (QED) is 0.181. The van der Waals surface area contributed by atoms with E-state index in [1.165, 1.54) is 32.0 Å². The third-order valence-electron chi connectivity index (χ3n) is 3.33. The third kappa shape index (κ3) is 3.95. The molecule has 0 atom stereocenters. The number of nitrogens with zero attached hydrogens (tertiary/aromatic N) is 2. The van der Waals surface area contributed by atoms with Crippen molar-refractivity contribution < 1.29 is 19.1 Å². The number of primary amides is 1. The van der Waals surface area contributed by atoms with Crippen LogP contribution in [0.25, 0.3) is 0 Å². The van der Waals surface area contributed by atoms with Crippen LogP contribution in [0.4, 0.5) is 17.3 Å². The number of carbonyl (C=O) groups excluding carboxylic acids is 2. The fraction of sp³-hybridized carbons (Fsp3) is 0.200. The van der Waals surface area contributed by atoms with Crippen LogP contribution in [0.15, 0.2) is 23.4 Å². The number of thioether (sulfide) groups is 1. The van der Waals surface area contributed by atoms with E-state index in [1.54, 1.807) is 18.4 Å². The van der Waals surface area contributed by atoms with Gasteiger partial charge in [0.2, 0.25) is 0 Å². The van der Waals surface area contributed by atoms with E-state index in [1.807, 2.05) is 0 Å². The molecule has 1 amide bonds. The number of hydrogen-bond acceptors (Lipinski definition) is 10. The van der Waals surface area contributed by atoms with Crippen LogP contribution in [0.5, 0.6) is 5.75 Å². The second-order valence-corrected chi connectivity index (χ2v) is 5.60. The molecular formula is C15H18N6O4S. The summed E-state index contributed by atoms with van der Waals surface area (Å²) in [5, 5.41) is 3.34. The average molecular weight is 378 g/mol. The molecule has 11 heteroatoms. The van der Waals surface area contributed by atoms with Gasteiger partial charge in [0.25, 0.3) is 5.91 Å². The lowest BCUT2D eigenvalue weighted by Crippen LogP contribution is -2.21. The SMILES string of the molecule is COC(=O)c1ccc(Nc2nc(SC)nc(NN)c2C(N)=O)c(OC)c1. The smallest absolute Gasteiger partial charge is 0.337 e. The van der Waals surface area contributed by atoms with E-state index in [9.17, 15) is 9.59 Å². The topological polar surface area (TPSA) is 154 Å². The van der Waals surface area contributed by atoms with Crippen molar-refractivity contribution in [2.24, 2.45) is 11.6 Å². The summed E-state index contributed by atoms with van der Waals surface area (Å²) in [4.78, 5) is 31.9. The monoisotopic (exact) mass is 378 g/mol. The van der Waals surface area contributed by atoms with Crippen LogP contribution in [0.3, 0.4) is 0 Å². The van der Waals surface area contributed by atoms with Gasteiger partial charge in [-0.25, -0.2) is 20.6 Å². The van der Waals surface area contributed by atoms with Gasteiger partial charge in [0.1, 0.15) is 17.1 Å². The molecule has 2 aromatic rings. The first-order valence-corrected chi connectivity index (χ1v) is 8.43. The van der Waals surface area contributed by atoms with Gasteiger partial charge in [-0.05, 0) is 24.5 Å². The number of anilines is 3. The molecule has 2 rings (SSSR count). The maximum atomic E-state index is 11.8. The number of nitrogens with one attached hydrogen (secondary N) is 2. The summed E-state index contributed by atoms with van der Waals surface area (Å²) >= 11 is 1.26. The molecule has 1 aromatic heterocycles. The van der Waals surface area contributed by atoms with E-state index in [4.69, 9.17) is 16.3 Å². The van der Waals surface area contributed by atoms with Gasteiger partial charge >= 0.3 is 5.97 Å². The number of hydrogen-bond donors (Lipinski definition) is 4. The van der Waals surface area contributed by atoms with Crippen LogP contribution in [-0.4, -0.2) is 42.3 Å². The molecule has 0 radical (unpaired) electrons. The highest BCUT2D eigenvalue weighted by Gasteiger charge is 2.20. The second-order valence-electron chi connectivity index (χ2n) is 4.82. The average Bonchev–Trinajstić information content (AvgIpc) is 2.66. The lowest BCUT2D eigenvalue weighted by molar-refractivity contribution is 0.0600. The Hall–Kier alpha value is -3.05. The summed E-state index contributed by atoms with van der Waals surface area (Å²) in [7, 11) is 2.73. The molecule has 0 unspecified atom stereocenters. The van der Waals surface area contributed by atoms with Crippen LogP contribution in [-0.2, 0) is 4.74 Å². The Labute approximate surface area is 153 Å². The Kier molecular flexibility index (Phi) is 6.20. The predicted molar refractivity (Wildman–Crippen MR) is 97.8 cm³/mol. The first-order valence-electron chi connectivity index (χ1n) is 7.21. The fourth-order valence-electron chi connectivity index (χ4n) is 2.13. The van der Waals surface area contributed by atoms with E-state index in [-0.39, 0.29) is 17.2 Å². The van der Waals surface area contributed by atoms with E-state index in [0.29, 0.717) is 22.2 Å². The minimum Gasteiger partial charge on any atom is -0.495 e. The summed E-state index contributed by atoms with van der Waals surface area (Å²) in [6.45, 7) is 0. The Morgan fingerprint density at radius 3 is 2.42 bits per heavy atom. The van der Waals surface area contributed by atoms with Crippen LogP contribution in [0, 0.1) is 0 Å². The Bertz CT molecular complexity index is 845. The maximum Gasteiger partial charge on any atom is 0.337 e. The van der Waals surface area contributed by atoms with Crippen molar-refractivity contribution in [2.75, 3.05) is 31.2 Å². The van der Waals surface area contributed by atoms with Crippen molar-refractivity contribution >= 4 is 41.0 Å². The standard InChI is InChI=1S/C15H18N6O4S/c1-24-9-6-7(14(23)25-2)4-5-8(9)18-12-10(11(16)22)13(21-17)20-15(19-12)26-3/h4-6H,17H2,1-3H3,(H2,16,22)(H2,18,19,20,21). The molecule has 0 saturated carbocycles. The Morgan fingerprint density at radius 2 is 1.88 bits per heavy atom. The van der Waals surface area contributed by atoms with Gasteiger partial charge in [-0.2, -0.15) is 0 Å². The highest BCUT2D eigenvalue weighted by atomic mass is 32.2. The normalized spacial score (nSPS) is 10.2. The molecule has 0 fully saturated rings. The highest BCUT2D eigenvalue weighted by Crippen LogP contribution is 2.32. The molecule has 0 saturated heterocycles. The molecule has 10 nitrogen and oxygen atoms in total. The molecule has 26 heavy (non-hydrogen) atoms. The van der Waals surface area contributed by atoms with Gasteiger partial charge in [0.15, 0.2) is 11.0 Å². The zero-order valence-corrected chi connectivity index (χ0v) is 15.1. The molecule has 6 N–H and O–H groups in total. The number of nitrogen functional groups attached to an aromatic ring is 1. The number of nitrogens with two attached hydrogens (primary N) is 2. The van der Waals surface area contributed by atoms with E-state index < -0.39 is 11.9 Å². The largest absolute Gasteiger partial charge is 0.495 e. The van der Waals surface area contributed by atoms with Crippen molar-refractivity contribution in [2.45, 2.75) is 5.16 Å². The summed E-state index contributed by atoms with van der Waals surface area (Å²) in [6.07, 6.45) is 1.77. The van der Waals surface area contributed by atoms with E-state index in [2.05, 4.69) is 25.4 Å². The molecule has 1 aromatic carbocycles. The lowest BCUT2D eigenvalue weighted by Gasteiger charge is -2.16. The third-order valence-corrected chi connectivity index (χ3v) is 3.88. The second kappa shape index (κ2) is 8.36. The van der Waals surface area contributed by atoms with Crippen molar-refractivity contribution in [1.82, 2.24) is 9.97 Å². The van der Waals surface area contributed by atoms with Crippen LogP contribution < -0.4 is 27.1 Å². The minimum atomic E-state index is -0.766. The number of rotatable bonds is 7. The number of carbonyl (C=O) groups is 2. The van der Waals surface area contributed by atoms with Gasteiger partial charge in [-0.15, -0.1) is 0 Å². The first-order chi connectivity index (χ1) is 12.4. The molecular weight excluding hydrogens is 360 g/mol. The molecule has 0 spiro atoms. The number of amides is 1. The van der Waals surface area contributed by atoms with Crippen LogP contribution in [0.2, 0.25) is 0 Å². The number of aromatic nitrogens is 2. The van der Waals surface area contributed by atoms with Crippen LogP contribution in [0.1, 0.15) is 20.7 Å². The van der Waals surface area contributed by atoms with Gasteiger partial charge < -0.3 is 25.9 Å². The van der Waals surface area contributed by atoms with Crippen molar-refractivity contribution in [1.29, 1.82) is 0 Å². The van der Waals surface area contributed by atoms with Crippen molar-refractivity contribution in [3.8, 4) is 5.75 Å². The Balaban J connectivity index is 2.53.